The lowest BCUT2D eigenvalue weighted by Crippen LogP contribution is -2.05. The van der Waals surface area contributed by atoms with Crippen molar-refractivity contribution in [1.82, 2.24) is 0 Å². The molecule has 0 amide bonds. The largest absolute Gasteiger partial charge is 0.475 e. The van der Waals surface area contributed by atoms with Crippen molar-refractivity contribution < 1.29 is 22.9 Å². The van der Waals surface area contributed by atoms with Gasteiger partial charge in [-0.25, -0.2) is 4.57 Å². The first-order valence-corrected chi connectivity index (χ1v) is 8.93. The maximum atomic E-state index is 12.8. The Morgan fingerprint density at radius 1 is 0.870 bits per heavy atom. The van der Waals surface area contributed by atoms with E-state index in [-0.39, 0.29) is 25.9 Å². The van der Waals surface area contributed by atoms with E-state index in [9.17, 15) is 4.57 Å². The Labute approximate surface area is 135 Å². The molecule has 1 aliphatic rings. The predicted octanol–water partition coefficient (Wildman–Crippen LogP) is 3.94. The second kappa shape index (κ2) is 7.86. The minimum Gasteiger partial charge on any atom is -0.371 e. The molecule has 122 valence electrons. The van der Waals surface area contributed by atoms with Gasteiger partial charge in [-0.3, -0.25) is 13.6 Å². The summed E-state index contributed by atoms with van der Waals surface area (Å²) in [5, 5.41) is 0. The summed E-state index contributed by atoms with van der Waals surface area (Å²) in [5.41, 5.74) is 1.81. The van der Waals surface area contributed by atoms with Crippen LogP contribution in [0.15, 0.2) is 60.7 Å². The summed E-state index contributed by atoms with van der Waals surface area (Å²) in [7, 11) is -3.64. The zero-order valence-electron chi connectivity index (χ0n) is 12.7. The molecule has 23 heavy (non-hydrogen) atoms. The molecule has 1 heterocycles. The zero-order chi connectivity index (χ0) is 16.0. The summed E-state index contributed by atoms with van der Waals surface area (Å²) in [5.74, 6) is 0. The highest BCUT2D eigenvalue weighted by Crippen LogP contribution is 2.51. The molecule has 0 saturated carbocycles. The molecule has 1 aliphatic heterocycles. The molecule has 0 aliphatic carbocycles. The van der Waals surface area contributed by atoms with Crippen LogP contribution in [0, 0.1) is 0 Å². The van der Waals surface area contributed by atoms with Crippen molar-refractivity contribution >= 4 is 7.82 Å². The average molecular weight is 334 g/mol. The molecule has 1 atom stereocenters. The number of phosphoric acid groups is 1. The van der Waals surface area contributed by atoms with Crippen molar-refractivity contribution in [2.75, 3.05) is 13.2 Å². The molecule has 0 bridgehead atoms. The molecule has 0 unspecified atom stereocenters. The fourth-order valence-corrected chi connectivity index (χ4v) is 3.09. The summed E-state index contributed by atoms with van der Waals surface area (Å²) < 4.78 is 34.2. The van der Waals surface area contributed by atoms with Gasteiger partial charge in [0.15, 0.2) is 0 Å². The molecule has 3 rings (SSSR count). The van der Waals surface area contributed by atoms with Crippen LogP contribution in [-0.4, -0.2) is 19.3 Å². The van der Waals surface area contributed by atoms with Crippen molar-refractivity contribution in [3.05, 3.63) is 71.8 Å². The van der Waals surface area contributed by atoms with E-state index >= 15 is 0 Å². The molecule has 0 aromatic heterocycles. The Bertz CT molecular complexity index is 595. The third-order valence-corrected chi connectivity index (χ3v) is 4.64. The highest BCUT2D eigenvalue weighted by Gasteiger charge is 2.32. The van der Waals surface area contributed by atoms with Crippen LogP contribution < -0.4 is 0 Å². The van der Waals surface area contributed by atoms with Crippen LogP contribution in [0.4, 0.5) is 0 Å². The molecule has 1 fully saturated rings. The number of phosphoric ester groups is 1. The third-order valence-electron chi connectivity index (χ3n) is 3.29. The second-order valence-electron chi connectivity index (χ2n) is 5.22. The second-order valence-corrected chi connectivity index (χ2v) is 6.89. The number of hydrogen-bond acceptors (Lipinski definition) is 5. The van der Waals surface area contributed by atoms with E-state index in [1.54, 1.807) is 0 Å². The van der Waals surface area contributed by atoms with Gasteiger partial charge in [-0.05, 0) is 11.1 Å². The summed E-state index contributed by atoms with van der Waals surface area (Å²) in [6.07, 6.45) is -0.0102. The lowest BCUT2D eigenvalue weighted by Gasteiger charge is -2.18. The smallest absolute Gasteiger partial charge is 0.371 e. The molecular formula is C17H19O5P. The molecule has 1 saturated heterocycles. The first-order valence-electron chi connectivity index (χ1n) is 7.47. The Kier molecular flexibility index (Phi) is 5.60. The van der Waals surface area contributed by atoms with E-state index in [1.165, 1.54) is 0 Å². The molecule has 0 spiro atoms. The molecule has 0 radical (unpaired) electrons. The summed E-state index contributed by atoms with van der Waals surface area (Å²) in [6, 6.07) is 19.0. The Hall–Kier alpha value is -1.49. The Morgan fingerprint density at radius 3 is 1.78 bits per heavy atom. The minimum absolute atomic E-state index is 0.0102. The summed E-state index contributed by atoms with van der Waals surface area (Å²) in [4.78, 5) is 0. The molecule has 5 nitrogen and oxygen atoms in total. The number of benzene rings is 2. The van der Waals surface area contributed by atoms with E-state index in [1.807, 2.05) is 60.7 Å². The van der Waals surface area contributed by atoms with E-state index < -0.39 is 7.82 Å². The van der Waals surface area contributed by atoms with Gasteiger partial charge >= 0.3 is 7.82 Å². The highest BCUT2D eigenvalue weighted by molar-refractivity contribution is 7.48. The molecule has 2 aromatic carbocycles. The normalized spacial score (nSPS) is 17.1. The Balaban J connectivity index is 1.59. The minimum atomic E-state index is -3.64. The van der Waals surface area contributed by atoms with Crippen LogP contribution in [0.3, 0.4) is 0 Å². The lowest BCUT2D eigenvalue weighted by molar-refractivity contribution is 0.0970. The molecule has 2 aromatic rings. The monoisotopic (exact) mass is 334 g/mol. The van der Waals surface area contributed by atoms with Gasteiger partial charge in [-0.1, -0.05) is 60.7 Å². The zero-order valence-corrected chi connectivity index (χ0v) is 13.6. The van der Waals surface area contributed by atoms with Gasteiger partial charge in [0.2, 0.25) is 0 Å². The maximum Gasteiger partial charge on any atom is 0.475 e. The van der Waals surface area contributed by atoms with E-state index in [0.29, 0.717) is 6.61 Å². The number of hydrogen-bond donors (Lipinski definition) is 0. The van der Waals surface area contributed by atoms with Gasteiger partial charge in [0.25, 0.3) is 0 Å². The molecular weight excluding hydrogens is 315 g/mol. The van der Waals surface area contributed by atoms with Gasteiger partial charge in [-0.15, -0.1) is 0 Å². The fraction of sp³-hybridized carbons (Fsp3) is 0.294. The van der Waals surface area contributed by atoms with Crippen LogP contribution in [0.25, 0.3) is 0 Å². The Morgan fingerprint density at radius 2 is 1.35 bits per heavy atom. The van der Waals surface area contributed by atoms with Crippen LogP contribution >= 0.6 is 7.82 Å². The van der Waals surface area contributed by atoms with Crippen molar-refractivity contribution in [2.45, 2.75) is 19.3 Å². The predicted molar refractivity (Wildman–Crippen MR) is 85.8 cm³/mol. The quantitative estimate of drug-likeness (QED) is 0.513. The first kappa shape index (κ1) is 16.4. The van der Waals surface area contributed by atoms with Gasteiger partial charge in [0.05, 0.1) is 26.4 Å². The average Bonchev–Trinajstić information content (AvgIpc) is 3.43. The molecule has 6 heteroatoms. The topological polar surface area (TPSA) is 57.3 Å². The van der Waals surface area contributed by atoms with Gasteiger partial charge < -0.3 is 4.74 Å². The number of ether oxygens (including phenoxy) is 1. The van der Waals surface area contributed by atoms with Crippen LogP contribution in [0.2, 0.25) is 0 Å². The number of epoxide rings is 1. The van der Waals surface area contributed by atoms with Crippen LogP contribution in [-0.2, 0) is 36.1 Å². The highest BCUT2D eigenvalue weighted by atomic mass is 31.2. The third kappa shape index (κ3) is 5.57. The van der Waals surface area contributed by atoms with Crippen molar-refractivity contribution in [3.8, 4) is 0 Å². The van der Waals surface area contributed by atoms with Gasteiger partial charge in [0.1, 0.15) is 6.10 Å². The van der Waals surface area contributed by atoms with Crippen molar-refractivity contribution in [3.63, 3.8) is 0 Å². The van der Waals surface area contributed by atoms with Crippen LogP contribution in [0.5, 0.6) is 0 Å². The number of rotatable bonds is 9. The van der Waals surface area contributed by atoms with Gasteiger partial charge in [-0.2, -0.15) is 0 Å². The summed E-state index contributed by atoms with van der Waals surface area (Å²) >= 11 is 0. The van der Waals surface area contributed by atoms with E-state index in [2.05, 4.69) is 0 Å². The van der Waals surface area contributed by atoms with Crippen LogP contribution in [0.1, 0.15) is 11.1 Å². The van der Waals surface area contributed by atoms with Gasteiger partial charge in [0, 0.05) is 0 Å². The first-order chi connectivity index (χ1) is 11.2. The van der Waals surface area contributed by atoms with Crippen molar-refractivity contribution in [1.29, 1.82) is 0 Å². The maximum absolute atomic E-state index is 12.8. The molecule has 0 N–H and O–H groups in total. The van der Waals surface area contributed by atoms with E-state index in [0.717, 1.165) is 11.1 Å². The SMILES string of the molecule is O=P(OCc1ccccc1)(OCc1ccccc1)OC[C@H]1CO1. The van der Waals surface area contributed by atoms with Crippen molar-refractivity contribution in [2.24, 2.45) is 0 Å². The summed E-state index contributed by atoms with van der Waals surface area (Å²) in [6.45, 7) is 1.16. The fourth-order valence-electron chi connectivity index (χ4n) is 1.91. The lowest BCUT2D eigenvalue weighted by atomic mass is 10.2. The standard InChI is InChI=1S/C17H19O5P/c18-23(22-14-17-13-19-17,20-11-15-7-3-1-4-8-15)21-12-16-9-5-2-6-10-16/h1-10,17H,11-14H2/t17-/m1/s1. The van der Waals surface area contributed by atoms with E-state index in [4.69, 9.17) is 18.3 Å².